The van der Waals surface area contributed by atoms with Gasteiger partial charge >= 0.3 is 0 Å². The molecule has 0 amide bonds. The fraction of sp³-hybridized carbons (Fsp3) is 0.100. The third-order valence-electron chi connectivity index (χ3n) is 1.69. The lowest BCUT2D eigenvalue weighted by atomic mass is 10.1. The van der Waals surface area contributed by atoms with Crippen LogP contribution in [0.1, 0.15) is 5.76 Å². The van der Waals surface area contributed by atoms with E-state index in [0.29, 0.717) is 11.5 Å². The molecule has 0 fully saturated rings. The molecule has 2 nitrogen and oxygen atoms in total. The summed E-state index contributed by atoms with van der Waals surface area (Å²) in [5.41, 5.74) is 1.41. The number of aryl methyl sites for hydroxylation is 1. The van der Waals surface area contributed by atoms with E-state index in [1.807, 2.05) is 0 Å². The van der Waals surface area contributed by atoms with E-state index in [2.05, 4.69) is 11.2 Å². The molecule has 2 aromatic rings. The van der Waals surface area contributed by atoms with Crippen molar-refractivity contribution in [3.63, 3.8) is 0 Å². The van der Waals surface area contributed by atoms with Gasteiger partial charge in [-0.3, -0.25) is 0 Å². The van der Waals surface area contributed by atoms with Crippen LogP contribution in [0.4, 0.5) is 4.39 Å². The fourth-order valence-corrected chi connectivity index (χ4v) is 1.06. The first-order chi connectivity index (χ1) is 6.25. The zero-order valence-corrected chi connectivity index (χ0v) is 7.04. The largest absolute Gasteiger partial charge is 0.360 e. The van der Waals surface area contributed by atoms with Crippen molar-refractivity contribution in [3.05, 3.63) is 41.9 Å². The lowest BCUT2D eigenvalue weighted by Crippen LogP contribution is -1.77. The van der Waals surface area contributed by atoms with Gasteiger partial charge in [0.05, 0.1) is 6.07 Å². The topological polar surface area (TPSA) is 26.0 Å². The van der Waals surface area contributed by atoms with Gasteiger partial charge in [-0.1, -0.05) is 5.16 Å². The van der Waals surface area contributed by atoms with E-state index in [4.69, 9.17) is 4.52 Å². The summed E-state index contributed by atoms with van der Waals surface area (Å²) >= 11 is 0. The first-order valence-corrected chi connectivity index (χ1v) is 3.87. The lowest BCUT2D eigenvalue weighted by molar-refractivity contribution is 0.399. The van der Waals surface area contributed by atoms with E-state index in [0.717, 1.165) is 5.56 Å². The van der Waals surface area contributed by atoms with Gasteiger partial charge < -0.3 is 4.52 Å². The van der Waals surface area contributed by atoms with Crippen LogP contribution in [0.5, 0.6) is 0 Å². The van der Waals surface area contributed by atoms with Crippen molar-refractivity contribution in [3.8, 4) is 11.3 Å². The van der Waals surface area contributed by atoms with E-state index in [1.165, 1.54) is 12.1 Å². The van der Waals surface area contributed by atoms with Crippen molar-refractivity contribution in [2.24, 2.45) is 0 Å². The Kier molecular flexibility index (Phi) is 1.85. The number of nitrogens with zero attached hydrogens (tertiary/aromatic N) is 1. The van der Waals surface area contributed by atoms with Gasteiger partial charge in [0.2, 0.25) is 0 Å². The normalized spacial score (nSPS) is 10.3. The molecule has 1 aromatic heterocycles. The van der Waals surface area contributed by atoms with E-state index in [1.54, 1.807) is 19.1 Å². The molecule has 0 spiro atoms. The molecule has 1 aromatic carbocycles. The number of hydrogen-bond donors (Lipinski definition) is 0. The highest BCUT2D eigenvalue weighted by Crippen LogP contribution is 2.17. The quantitative estimate of drug-likeness (QED) is 0.667. The minimum Gasteiger partial charge on any atom is -0.360 e. The van der Waals surface area contributed by atoms with Crippen molar-refractivity contribution < 1.29 is 8.91 Å². The van der Waals surface area contributed by atoms with Crippen molar-refractivity contribution in [1.29, 1.82) is 0 Å². The Morgan fingerprint density at radius 3 is 2.54 bits per heavy atom. The maximum absolute atomic E-state index is 12.6. The molecule has 0 aliphatic heterocycles. The van der Waals surface area contributed by atoms with Gasteiger partial charge in [-0.15, -0.1) is 0 Å². The van der Waals surface area contributed by atoms with Gasteiger partial charge in [-0.05, 0) is 31.2 Å². The molecule has 1 heterocycles. The molecule has 0 N–H and O–H groups in total. The number of aromatic nitrogens is 1. The van der Waals surface area contributed by atoms with Crippen LogP contribution in [0.15, 0.2) is 28.8 Å². The molecule has 3 heteroatoms. The molecule has 0 unspecified atom stereocenters. The minimum absolute atomic E-state index is 0.260. The molecule has 0 saturated carbocycles. The molecular weight excluding hydrogens is 169 g/mol. The fourth-order valence-electron chi connectivity index (χ4n) is 1.06. The Hall–Kier alpha value is -1.64. The van der Waals surface area contributed by atoms with Crippen LogP contribution >= 0.6 is 0 Å². The van der Waals surface area contributed by atoms with Crippen LogP contribution in [0.3, 0.4) is 0 Å². The zero-order valence-electron chi connectivity index (χ0n) is 7.04. The molecule has 1 radical (unpaired) electrons. The summed E-state index contributed by atoms with van der Waals surface area (Å²) in [6.45, 7) is 1.76. The highest BCUT2D eigenvalue weighted by Gasteiger charge is 2.03. The highest BCUT2D eigenvalue weighted by molar-refractivity contribution is 5.57. The van der Waals surface area contributed by atoms with Gasteiger partial charge in [0.15, 0.2) is 0 Å². The van der Waals surface area contributed by atoms with Gasteiger partial charge in [-0.2, -0.15) is 0 Å². The second kappa shape index (κ2) is 3.01. The predicted octanol–water partition coefficient (Wildman–Crippen LogP) is 2.59. The summed E-state index contributed by atoms with van der Waals surface area (Å²) in [6, 6.07) is 8.96. The Morgan fingerprint density at radius 2 is 2.00 bits per heavy atom. The Bertz CT molecular complexity index is 405. The second-order valence-electron chi connectivity index (χ2n) is 2.72. The average molecular weight is 176 g/mol. The van der Waals surface area contributed by atoms with Crippen LogP contribution in [0, 0.1) is 18.8 Å². The average Bonchev–Trinajstić information content (AvgIpc) is 2.53. The lowest BCUT2D eigenvalue weighted by Gasteiger charge is -1.92. The van der Waals surface area contributed by atoms with Crippen LogP contribution in [0.25, 0.3) is 11.3 Å². The summed E-state index contributed by atoms with van der Waals surface area (Å²) in [5, 5.41) is 3.76. The van der Waals surface area contributed by atoms with E-state index >= 15 is 0 Å². The van der Waals surface area contributed by atoms with Gasteiger partial charge in [0.25, 0.3) is 0 Å². The van der Waals surface area contributed by atoms with Crippen LogP contribution < -0.4 is 0 Å². The van der Waals surface area contributed by atoms with E-state index in [9.17, 15) is 4.39 Å². The molecular formula is C10H7FNO. The summed E-state index contributed by atoms with van der Waals surface area (Å²) < 4.78 is 17.4. The monoisotopic (exact) mass is 176 g/mol. The minimum atomic E-state index is -0.260. The van der Waals surface area contributed by atoms with Crippen LogP contribution in [0.2, 0.25) is 0 Å². The standard InChI is InChI=1S/C10H7FNO/c1-7-6-10(12-13-7)8-2-4-9(11)5-3-8/h2-5H,1H3. The Balaban J connectivity index is 2.41. The van der Waals surface area contributed by atoms with E-state index < -0.39 is 0 Å². The summed E-state index contributed by atoms with van der Waals surface area (Å²) in [4.78, 5) is 0. The van der Waals surface area contributed by atoms with Crippen molar-refractivity contribution >= 4 is 0 Å². The van der Waals surface area contributed by atoms with Crippen molar-refractivity contribution in [1.82, 2.24) is 5.16 Å². The van der Waals surface area contributed by atoms with Crippen molar-refractivity contribution in [2.75, 3.05) is 0 Å². The molecule has 65 valence electrons. The molecule has 0 saturated heterocycles. The highest BCUT2D eigenvalue weighted by atomic mass is 19.1. The van der Waals surface area contributed by atoms with Crippen molar-refractivity contribution in [2.45, 2.75) is 6.92 Å². The number of halogens is 1. The van der Waals surface area contributed by atoms with Gasteiger partial charge in [0.1, 0.15) is 17.3 Å². The third-order valence-corrected chi connectivity index (χ3v) is 1.69. The first-order valence-electron chi connectivity index (χ1n) is 3.87. The van der Waals surface area contributed by atoms with Crippen LogP contribution in [-0.4, -0.2) is 5.16 Å². The van der Waals surface area contributed by atoms with Crippen LogP contribution in [-0.2, 0) is 0 Å². The molecule has 0 atom stereocenters. The number of hydrogen-bond acceptors (Lipinski definition) is 2. The summed E-state index contributed by atoms with van der Waals surface area (Å²) in [5.74, 6) is 0.364. The maximum Gasteiger partial charge on any atom is 0.142 e. The maximum atomic E-state index is 12.6. The summed E-state index contributed by atoms with van der Waals surface area (Å²) in [6.07, 6.45) is 0. The Labute approximate surface area is 75.0 Å². The predicted molar refractivity (Wildman–Crippen MR) is 45.5 cm³/mol. The summed E-state index contributed by atoms with van der Waals surface area (Å²) in [7, 11) is 0. The zero-order chi connectivity index (χ0) is 9.26. The third kappa shape index (κ3) is 1.59. The molecule has 0 bridgehead atoms. The molecule has 0 aliphatic carbocycles. The SMILES string of the molecule is Cc1[c]c(-c2ccc(F)cc2)no1. The smallest absolute Gasteiger partial charge is 0.142 e. The van der Waals surface area contributed by atoms with Gasteiger partial charge in [0, 0.05) is 5.56 Å². The second-order valence-corrected chi connectivity index (χ2v) is 2.72. The molecule has 13 heavy (non-hydrogen) atoms. The van der Waals surface area contributed by atoms with E-state index in [-0.39, 0.29) is 5.82 Å². The molecule has 0 aliphatic rings. The molecule has 2 rings (SSSR count). The van der Waals surface area contributed by atoms with Gasteiger partial charge in [-0.25, -0.2) is 4.39 Å². The first kappa shape index (κ1) is 7.98. The number of rotatable bonds is 1. The number of benzene rings is 1. The Morgan fingerprint density at radius 1 is 1.31 bits per heavy atom.